The normalized spacial score (nSPS) is 30.7. The zero-order valence-corrected chi connectivity index (χ0v) is 10.5. The van der Waals surface area contributed by atoms with Gasteiger partial charge in [0.15, 0.2) is 0 Å². The van der Waals surface area contributed by atoms with E-state index in [1.165, 1.54) is 32.1 Å². The van der Waals surface area contributed by atoms with Gasteiger partial charge in [0.2, 0.25) is 5.91 Å². The number of carbonyl (C=O) groups excluding carboxylic acids is 1. The first-order valence-electron chi connectivity index (χ1n) is 7.09. The van der Waals surface area contributed by atoms with Gasteiger partial charge in [-0.05, 0) is 38.8 Å². The first kappa shape index (κ1) is 11.5. The fourth-order valence-electron chi connectivity index (χ4n) is 3.83. The third kappa shape index (κ3) is 1.87. The standard InChI is InChI=1S/C13H23N3O/c17-12-13(6-8-14-9-7-13)16(10-15-12)11-4-2-1-3-5-11/h11,14H,1-10H2,(H,15,17). The third-order valence-corrected chi connectivity index (χ3v) is 4.83. The number of carbonyl (C=O) groups is 1. The monoisotopic (exact) mass is 237 g/mol. The van der Waals surface area contributed by atoms with Gasteiger partial charge in [-0.15, -0.1) is 0 Å². The second-order valence-corrected chi connectivity index (χ2v) is 5.71. The van der Waals surface area contributed by atoms with Crippen molar-refractivity contribution in [1.29, 1.82) is 0 Å². The van der Waals surface area contributed by atoms with Crippen molar-refractivity contribution in [1.82, 2.24) is 15.5 Å². The Morgan fingerprint density at radius 1 is 1.12 bits per heavy atom. The minimum Gasteiger partial charge on any atom is -0.342 e. The van der Waals surface area contributed by atoms with Crippen LogP contribution in [0.1, 0.15) is 44.9 Å². The van der Waals surface area contributed by atoms with E-state index in [0.29, 0.717) is 6.04 Å². The van der Waals surface area contributed by atoms with Crippen LogP contribution in [0.4, 0.5) is 0 Å². The van der Waals surface area contributed by atoms with Crippen LogP contribution in [0.15, 0.2) is 0 Å². The Bertz CT molecular complexity index is 293. The van der Waals surface area contributed by atoms with Gasteiger partial charge >= 0.3 is 0 Å². The van der Waals surface area contributed by atoms with E-state index in [4.69, 9.17) is 0 Å². The molecule has 2 heterocycles. The molecule has 3 aliphatic rings. The van der Waals surface area contributed by atoms with Crippen LogP contribution in [0.3, 0.4) is 0 Å². The number of amides is 1. The molecule has 0 aromatic rings. The van der Waals surface area contributed by atoms with Gasteiger partial charge in [-0.2, -0.15) is 0 Å². The summed E-state index contributed by atoms with van der Waals surface area (Å²) < 4.78 is 0. The molecule has 4 nitrogen and oxygen atoms in total. The summed E-state index contributed by atoms with van der Waals surface area (Å²) in [5, 5.41) is 6.46. The zero-order chi connectivity index (χ0) is 11.7. The average molecular weight is 237 g/mol. The molecule has 0 aromatic heterocycles. The summed E-state index contributed by atoms with van der Waals surface area (Å²) in [4.78, 5) is 14.7. The maximum atomic E-state index is 12.2. The fraction of sp³-hybridized carbons (Fsp3) is 0.923. The van der Waals surface area contributed by atoms with E-state index in [9.17, 15) is 4.79 Å². The minimum atomic E-state index is -0.173. The van der Waals surface area contributed by atoms with Crippen molar-refractivity contribution < 1.29 is 4.79 Å². The van der Waals surface area contributed by atoms with E-state index in [2.05, 4.69) is 15.5 Å². The lowest BCUT2D eigenvalue weighted by molar-refractivity contribution is -0.129. The highest BCUT2D eigenvalue weighted by molar-refractivity contribution is 5.88. The molecule has 3 fully saturated rings. The molecule has 0 unspecified atom stereocenters. The highest BCUT2D eigenvalue weighted by Gasteiger charge is 2.51. The number of hydrogen-bond donors (Lipinski definition) is 2. The van der Waals surface area contributed by atoms with E-state index in [1.54, 1.807) is 0 Å². The number of hydrogen-bond acceptors (Lipinski definition) is 3. The largest absolute Gasteiger partial charge is 0.342 e. The van der Waals surface area contributed by atoms with Crippen LogP contribution in [0.5, 0.6) is 0 Å². The van der Waals surface area contributed by atoms with E-state index < -0.39 is 0 Å². The summed E-state index contributed by atoms with van der Waals surface area (Å²) in [5.74, 6) is 0.282. The molecule has 1 amide bonds. The Morgan fingerprint density at radius 2 is 1.82 bits per heavy atom. The fourth-order valence-corrected chi connectivity index (χ4v) is 3.83. The second-order valence-electron chi connectivity index (χ2n) is 5.71. The van der Waals surface area contributed by atoms with Gasteiger partial charge < -0.3 is 10.6 Å². The minimum absolute atomic E-state index is 0.173. The number of rotatable bonds is 1. The molecule has 0 bridgehead atoms. The van der Waals surface area contributed by atoms with Gasteiger partial charge in [0.05, 0.1) is 6.67 Å². The Labute approximate surface area is 103 Å². The molecule has 2 aliphatic heterocycles. The highest BCUT2D eigenvalue weighted by atomic mass is 16.2. The first-order chi connectivity index (χ1) is 8.33. The maximum Gasteiger partial charge on any atom is 0.241 e. The Morgan fingerprint density at radius 3 is 2.53 bits per heavy atom. The van der Waals surface area contributed by atoms with Crippen molar-refractivity contribution in [2.24, 2.45) is 0 Å². The topological polar surface area (TPSA) is 44.4 Å². The summed E-state index contributed by atoms with van der Waals surface area (Å²) in [5.41, 5.74) is -0.173. The van der Waals surface area contributed by atoms with Crippen LogP contribution in [0, 0.1) is 0 Å². The zero-order valence-electron chi connectivity index (χ0n) is 10.5. The molecule has 1 saturated carbocycles. The molecule has 0 atom stereocenters. The Balaban J connectivity index is 1.79. The molecule has 2 saturated heterocycles. The SMILES string of the molecule is O=C1NCN(C2CCCCC2)C12CCNCC2. The van der Waals surface area contributed by atoms with E-state index in [-0.39, 0.29) is 11.4 Å². The summed E-state index contributed by atoms with van der Waals surface area (Å²) >= 11 is 0. The Kier molecular flexibility index (Phi) is 3.09. The van der Waals surface area contributed by atoms with Gasteiger partial charge in [0, 0.05) is 6.04 Å². The summed E-state index contributed by atoms with van der Waals surface area (Å²) in [7, 11) is 0. The van der Waals surface area contributed by atoms with E-state index >= 15 is 0 Å². The van der Waals surface area contributed by atoms with Crippen LogP contribution in [0.25, 0.3) is 0 Å². The van der Waals surface area contributed by atoms with Crippen molar-refractivity contribution in [3.63, 3.8) is 0 Å². The van der Waals surface area contributed by atoms with Crippen LogP contribution >= 0.6 is 0 Å². The number of piperidine rings is 1. The van der Waals surface area contributed by atoms with E-state index in [0.717, 1.165) is 32.6 Å². The molecule has 0 aromatic carbocycles. The molecular formula is C13H23N3O. The quantitative estimate of drug-likeness (QED) is 0.710. The predicted molar refractivity (Wildman–Crippen MR) is 66.6 cm³/mol. The first-order valence-corrected chi connectivity index (χ1v) is 7.09. The van der Waals surface area contributed by atoms with Crippen molar-refractivity contribution in [2.45, 2.75) is 56.5 Å². The lowest BCUT2D eigenvalue weighted by Crippen LogP contribution is -2.58. The summed E-state index contributed by atoms with van der Waals surface area (Å²) in [6.07, 6.45) is 8.58. The van der Waals surface area contributed by atoms with Gasteiger partial charge in [0.25, 0.3) is 0 Å². The number of nitrogens with one attached hydrogen (secondary N) is 2. The molecule has 4 heteroatoms. The molecule has 3 rings (SSSR count). The second kappa shape index (κ2) is 4.58. The predicted octanol–water partition coefficient (Wildman–Crippen LogP) is 0.831. The molecular weight excluding hydrogens is 214 g/mol. The maximum absolute atomic E-state index is 12.2. The van der Waals surface area contributed by atoms with Crippen molar-refractivity contribution in [2.75, 3.05) is 19.8 Å². The van der Waals surface area contributed by atoms with Crippen molar-refractivity contribution in [3.8, 4) is 0 Å². The average Bonchev–Trinajstić information content (AvgIpc) is 2.69. The van der Waals surface area contributed by atoms with Gasteiger partial charge in [-0.25, -0.2) is 0 Å². The lowest BCUT2D eigenvalue weighted by atomic mass is 9.83. The van der Waals surface area contributed by atoms with Gasteiger partial charge in [-0.3, -0.25) is 9.69 Å². The van der Waals surface area contributed by atoms with Crippen molar-refractivity contribution >= 4 is 5.91 Å². The summed E-state index contributed by atoms with van der Waals surface area (Å²) in [6, 6.07) is 0.640. The van der Waals surface area contributed by atoms with Gasteiger partial charge in [0.1, 0.15) is 5.54 Å². The highest BCUT2D eigenvalue weighted by Crippen LogP contribution is 2.36. The van der Waals surface area contributed by atoms with Crippen LogP contribution in [0.2, 0.25) is 0 Å². The van der Waals surface area contributed by atoms with Crippen LogP contribution in [-0.4, -0.2) is 42.1 Å². The Hall–Kier alpha value is -0.610. The molecule has 96 valence electrons. The van der Waals surface area contributed by atoms with Crippen molar-refractivity contribution in [3.05, 3.63) is 0 Å². The van der Waals surface area contributed by atoms with Gasteiger partial charge in [-0.1, -0.05) is 19.3 Å². The smallest absolute Gasteiger partial charge is 0.241 e. The van der Waals surface area contributed by atoms with Crippen LogP contribution in [-0.2, 0) is 4.79 Å². The molecule has 1 aliphatic carbocycles. The molecule has 0 radical (unpaired) electrons. The molecule has 1 spiro atoms. The van der Waals surface area contributed by atoms with Crippen LogP contribution < -0.4 is 10.6 Å². The van der Waals surface area contributed by atoms with E-state index in [1.807, 2.05) is 0 Å². The molecule has 17 heavy (non-hydrogen) atoms. The number of nitrogens with zero attached hydrogens (tertiary/aromatic N) is 1. The summed E-state index contributed by atoms with van der Waals surface area (Å²) in [6.45, 7) is 2.75. The molecule has 2 N–H and O–H groups in total. The third-order valence-electron chi connectivity index (χ3n) is 4.83. The lowest BCUT2D eigenvalue weighted by Gasteiger charge is -2.44.